The van der Waals surface area contributed by atoms with Crippen LogP contribution in [0.2, 0.25) is 0 Å². The van der Waals surface area contributed by atoms with Gasteiger partial charge < -0.3 is 4.74 Å². The van der Waals surface area contributed by atoms with Gasteiger partial charge in [0.1, 0.15) is 5.75 Å². The standard InChI is InChI=1S/C27H37ClO2/c1-2-3-4-5-6-7-8-9-10-11-12-13-22-30-26-20-18-24(19-21-26)23-14-16-25(17-15-23)27(28)29/h14-21H,2-13,22H2,1H3. The second-order valence-electron chi connectivity index (χ2n) is 8.11. The number of halogens is 1. The first-order valence-electron chi connectivity index (χ1n) is 11.7. The molecule has 0 spiro atoms. The van der Waals surface area contributed by atoms with Gasteiger partial charge in [0, 0.05) is 5.56 Å². The minimum absolute atomic E-state index is 0.428. The monoisotopic (exact) mass is 428 g/mol. The van der Waals surface area contributed by atoms with E-state index in [2.05, 4.69) is 19.1 Å². The summed E-state index contributed by atoms with van der Waals surface area (Å²) in [5.41, 5.74) is 2.67. The van der Waals surface area contributed by atoms with E-state index in [1.54, 1.807) is 12.1 Å². The SMILES string of the molecule is CCCCCCCCCCCCCCOc1ccc(-c2ccc(C(=O)Cl)cc2)cc1. The fourth-order valence-electron chi connectivity index (χ4n) is 3.67. The second kappa shape index (κ2) is 15.1. The number of unbranched alkanes of at least 4 members (excludes halogenated alkanes) is 11. The Labute approximate surface area is 188 Å². The van der Waals surface area contributed by atoms with Gasteiger partial charge in [-0.25, -0.2) is 0 Å². The van der Waals surface area contributed by atoms with Crippen LogP contribution in [0.5, 0.6) is 5.75 Å². The highest BCUT2D eigenvalue weighted by Gasteiger charge is 2.03. The van der Waals surface area contributed by atoms with Gasteiger partial charge in [0.25, 0.3) is 5.24 Å². The van der Waals surface area contributed by atoms with E-state index in [9.17, 15) is 4.79 Å². The van der Waals surface area contributed by atoms with Crippen LogP contribution in [0, 0.1) is 0 Å². The molecule has 0 aliphatic heterocycles. The molecule has 0 atom stereocenters. The summed E-state index contributed by atoms with van der Waals surface area (Å²) in [5, 5.41) is -0.428. The molecule has 2 rings (SSSR count). The number of carbonyl (C=O) groups is 1. The number of hydrogen-bond donors (Lipinski definition) is 0. The third-order valence-electron chi connectivity index (χ3n) is 5.57. The smallest absolute Gasteiger partial charge is 0.252 e. The van der Waals surface area contributed by atoms with Crippen LogP contribution in [0.1, 0.15) is 94.3 Å². The van der Waals surface area contributed by atoms with Gasteiger partial charge in [0.05, 0.1) is 6.61 Å². The summed E-state index contributed by atoms with van der Waals surface area (Å²) in [6, 6.07) is 15.5. The number of ether oxygens (including phenoxy) is 1. The quantitative estimate of drug-likeness (QED) is 0.197. The van der Waals surface area contributed by atoms with Crippen molar-refractivity contribution in [2.24, 2.45) is 0 Å². The second-order valence-corrected chi connectivity index (χ2v) is 8.46. The highest BCUT2D eigenvalue weighted by atomic mass is 35.5. The van der Waals surface area contributed by atoms with E-state index in [1.807, 2.05) is 24.3 Å². The third-order valence-corrected chi connectivity index (χ3v) is 5.78. The summed E-state index contributed by atoms with van der Waals surface area (Å²) in [5.74, 6) is 0.911. The fourth-order valence-corrected chi connectivity index (χ4v) is 3.80. The summed E-state index contributed by atoms with van der Waals surface area (Å²) in [7, 11) is 0. The maximum atomic E-state index is 11.2. The molecule has 30 heavy (non-hydrogen) atoms. The summed E-state index contributed by atoms with van der Waals surface area (Å²) < 4.78 is 5.88. The maximum Gasteiger partial charge on any atom is 0.252 e. The van der Waals surface area contributed by atoms with Crippen LogP contribution in [0.25, 0.3) is 11.1 Å². The minimum Gasteiger partial charge on any atom is -0.494 e. The van der Waals surface area contributed by atoms with Gasteiger partial charge in [-0.3, -0.25) is 4.79 Å². The molecule has 2 aromatic carbocycles. The molecule has 164 valence electrons. The van der Waals surface area contributed by atoms with Crippen molar-refractivity contribution in [3.05, 3.63) is 54.1 Å². The molecule has 2 aromatic rings. The normalized spacial score (nSPS) is 10.9. The highest BCUT2D eigenvalue weighted by molar-refractivity contribution is 6.67. The van der Waals surface area contributed by atoms with Gasteiger partial charge in [-0.2, -0.15) is 0 Å². The van der Waals surface area contributed by atoms with E-state index < -0.39 is 5.24 Å². The van der Waals surface area contributed by atoms with Crippen molar-refractivity contribution >= 4 is 16.8 Å². The molecule has 0 N–H and O–H groups in total. The lowest BCUT2D eigenvalue weighted by atomic mass is 10.0. The Bertz CT molecular complexity index is 707. The molecule has 0 aliphatic rings. The molecular formula is C27H37ClO2. The van der Waals surface area contributed by atoms with Crippen LogP contribution in [0.15, 0.2) is 48.5 Å². The Balaban J connectivity index is 1.52. The van der Waals surface area contributed by atoms with Gasteiger partial charge in [0.15, 0.2) is 0 Å². The molecular weight excluding hydrogens is 392 g/mol. The van der Waals surface area contributed by atoms with E-state index in [1.165, 1.54) is 70.6 Å². The topological polar surface area (TPSA) is 26.3 Å². The largest absolute Gasteiger partial charge is 0.494 e. The Morgan fingerprint density at radius 3 is 1.57 bits per heavy atom. The molecule has 0 bridgehead atoms. The molecule has 0 amide bonds. The van der Waals surface area contributed by atoms with Crippen molar-refractivity contribution in [3.8, 4) is 16.9 Å². The molecule has 0 fully saturated rings. The van der Waals surface area contributed by atoms with Crippen LogP contribution in [-0.4, -0.2) is 11.8 Å². The van der Waals surface area contributed by atoms with Gasteiger partial charge >= 0.3 is 0 Å². The summed E-state index contributed by atoms with van der Waals surface area (Å²) >= 11 is 5.49. The maximum absolute atomic E-state index is 11.2. The zero-order valence-corrected chi connectivity index (χ0v) is 19.3. The molecule has 0 heterocycles. The molecule has 0 saturated heterocycles. The zero-order chi connectivity index (χ0) is 21.4. The predicted molar refractivity (Wildman–Crippen MR) is 129 cm³/mol. The number of benzene rings is 2. The van der Waals surface area contributed by atoms with Gasteiger partial charge in [-0.15, -0.1) is 0 Å². The Kier molecular flexibility index (Phi) is 12.3. The number of rotatable bonds is 16. The minimum atomic E-state index is -0.428. The first kappa shape index (κ1) is 24.5. The summed E-state index contributed by atoms with van der Waals surface area (Å²) in [4.78, 5) is 11.2. The molecule has 3 heteroatoms. The summed E-state index contributed by atoms with van der Waals surface area (Å²) in [6.45, 7) is 3.06. The lowest BCUT2D eigenvalue weighted by Crippen LogP contribution is -1.97. The van der Waals surface area contributed by atoms with E-state index in [0.717, 1.165) is 29.9 Å². The summed E-state index contributed by atoms with van der Waals surface area (Å²) in [6.07, 6.45) is 16.3. The van der Waals surface area contributed by atoms with E-state index in [0.29, 0.717) is 5.56 Å². The van der Waals surface area contributed by atoms with Crippen LogP contribution in [-0.2, 0) is 0 Å². The molecule has 0 radical (unpaired) electrons. The lowest BCUT2D eigenvalue weighted by molar-refractivity contribution is 0.108. The van der Waals surface area contributed by atoms with Crippen LogP contribution in [0.3, 0.4) is 0 Å². The van der Waals surface area contributed by atoms with Crippen molar-refractivity contribution in [2.75, 3.05) is 6.61 Å². The van der Waals surface area contributed by atoms with Crippen LogP contribution < -0.4 is 4.74 Å². The van der Waals surface area contributed by atoms with E-state index in [-0.39, 0.29) is 0 Å². The van der Waals surface area contributed by atoms with Crippen molar-refractivity contribution < 1.29 is 9.53 Å². The fraction of sp³-hybridized carbons (Fsp3) is 0.519. The number of hydrogen-bond acceptors (Lipinski definition) is 2. The Morgan fingerprint density at radius 1 is 0.667 bits per heavy atom. The number of carbonyl (C=O) groups excluding carboxylic acids is 1. The van der Waals surface area contributed by atoms with Crippen molar-refractivity contribution in [3.63, 3.8) is 0 Å². The van der Waals surface area contributed by atoms with Gasteiger partial charge in [-0.05, 0) is 53.4 Å². The Hall–Kier alpha value is -1.80. The van der Waals surface area contributed by atoms with E-state index in [4.69, 9.17) is 16.3 Å². The third kappa shape index (κ3) is 9.80. The first-order chi connectivity index (χ1) is 14.7. The molecule has 0 aromatic heterocycles. The van der Waals surface area contributed by atoms with Gasteiger partial charge in [-0.1, -0.05) is 102 Å². The van der Waals surface area contributed by atoms with Crippen LogP contribution >= 0.6 is 11.6 Å². The molecule has 2 nitrogen and oxygen atoms in total. The zero-order valence-electron chi connectivity index (χ0n) is 18.5. The molecule has 0 aliphatic carbocycles. The predicted octanol–water partition coefficient (Wildman–Crippen LogP) is 8.81. The molecule has 0 unspecified atom stereocenters. The van der Waals surface area contributed by atoms with Crippen molar-refractivity contribution in [1.82, 2.24) is 0 Å². The van der Waals surface area contributed by atoms with Crippen LogP contribution in [0.4, 0.5) is 0 Å². The van der Waals surface area contributed by atoms with E-state index >= 15 is 0 Å². The average Bonchev–Trinajstić information content (AvgIpc) is 2.77. The average molecular weight is 429 g/mol. The Morgan fingerprint density at radius 2 is 1.10 bits per heavy atom. The first-order valence-corrected chi connectivity index (χ1v) is 12.1. The highest BCUT2D eigenvalue weighted by Crippen LogP contribution is 2.23. The lowest BCUT2D eigenvalue weighted by Gasteiger charge is -2.08. The van der Waals surface area contributed by atoms with Gasteiger partial charge in [0.2, 0.25) is 0 Å². The molecule has 0 saturated carbocycles. The van der Waals surface area contributed by atoms with Crippen molar-refractivity contribution in [2.45, 2.75) is 84.0 Å². The van der Waals surface area contributed by atoms with Crippen molar-refractivity contribution in [1.29, 1.82) is 0 Å².